The zero-order chi connectivity index (χ0) is 9.52. The molecule has 0 amide bonds. The fourth-order valence-electron chi connectivity index (χ4n) is 1.28. The molecule has 6 heteroatoms. The molecule has 1 saturated heterocycles. The molecule has 1 heterocycles. The summed E-state index contributed by atoms with van der Waals surface area (Å²) < 4.78 is 21.7. The van der Waals surface area contributed by atoms with Gasteiger partial charge in [-0.15, -0.1) is 11.8 Å². The van der Waals surface area contributed by atoms with Crippen LogP contribution in [0.3, 0.4) is 0 Å². The van der Waals surface area contributed by atoms with Crippen LogP contribution in [0.1, 0.15) is 13.8 Å². The number of hydrogen-bond donors (Lipinski definition) is 1. The standard InChI is InChI=1S/C6H14N2O2S2/c1-4-6(12(7,9)10)11-5(2)8(4)3/h4-6H,1-3H3,(H2,7,9,10). The molecule has 1 rings (SSSR count). The fraction of sp³-hybridized carbons (Fsp3) is 1.00. The molecule has 0 aromatic rings. The van der Waals surface area contributed by atoms with E-state index < -0.39 is 14.6 Å². The van der Waals surface area contributed by atoms with Crippen molar-refractivity contribution in [3.8, 4) is 0 Å². The van der Waals surface area contributed by atoms with Gasteiger partial charge in [0.2, 0.25) is 10.0 Å². The highest BCUT2D eigenvalue weighted by Crippen LogP contribution is 2.35. The van der Waals surface area contributed by atoms with Crippen LogP contribution in [0.2, 0.25) is 0 Å². The predicted molar refractivity (Wildman–Crippen MR) is 51.2 cm³/mol. The largest absolute Gasteiger partial charge is 0.290 e. The molecule has 0 saturated carbocycles. The van der Waals surface area contributed by atoms with Gasteiger partial charge in [0.1, 0.15) is 4.58 Å². The molecule has 0 aromatic heterocycles. The van der Waals surface area contributed by atoms with Crippen molar-refractivity contribution < 1.29 is 8.42 Å². The maximum Gasteiger partial charge on any atom is 0.222 e. The maximum absolute atomic E-state index is 11.1. The predicted octanol–water partition coefficient (Wildman–Crippen LogP) is 0.0141. The van der Waals surface area contributed by atoms with Gasteiger partial charge in [-0.2, -0.15) is 0 Å². The van der Waals surface area contributed by atoms with E-state index >= 15 is 0 Å². The van der Waals surface area contributed by atoms with Gasteiger partial charge in [-0.3, -0.25) is 4.90 Å². The lowest BCUT2D eigenvalue weighted by molar-refractivity contribution is 0.283. The quantitative estimate of drug-likeness (QED) is 0.662. The minimum atomic E-state index is -3.40. The topological polar surface area (TPSA) is 63.4 Å². The number of nitrogens with zero attached hydrogens (tertiary/aromatic N) is 1. The first kappa shape index (κ1) is 10.3. The molecule has 0 spiro atoms. The van der Waals surface area contributed by atoms with Gasteiger partial charge < -0.3 is 0 Å². The van der Waals surface area contributed by atoms with Crippen molar-refractivity contribution in [1.29, 1.82) is 0 Å². The molecule has 3 unspecified atom stereocenters. The van der Waals surface area contributed by atoms with Crippen LogP contribution in [-0.4, -0.2) is 36.4 Å². The lowest BCUT2D eigenvalue weighted by Gasteiger charge is -2.19. The van der Waals surface area contributed by atoms with E-state index in [-0.39, 0.29) is 11.4 Å². The van der Waals surface area contributed by atoms with E-state index in [1.807, 2.05) is 25.8 Å². The van der Waals surface area contributed by atoms with E-state index in [9.17, 15) is 8.42 Å². The third-order valence-corrected chi connectivity index (χ3v) is 5.83. The Morgan fingerprint density at radius 3 is 2.08 bits per heavy atom. The summed E-state index contributed by atoms with van der Waals surface area (Å²) in [5, 5.41) is 5.31. The Kier molecular flexibility index (Phi) is 2.72. The van der Waals surface area contributed by atoms with Gasteiger partial charge in [-0.25, -0.2) is 13.6 Å². The summed E-state index contributed by atoms with van der Waals surface area (Å²) in [6.07, 6.45) is 0. The summed E-state index contributed by atoms with van der Waals surface area (Å²) in [6.45, 7) is 3.86. The van der Waals surface area contributed by atoms with Crippen molar-refractivity contribution in [2.45, 2.75) is 29.8 Å². The molecule has 0 radical (unpaired) electrons. The lowest BCUT2D eigenvalue weighted by atomic mass is 10.3. The molecular weight excluding hydrogens is 196 g/mol. The first-order valence-electron chi connectivity index (χ1n) is 3.73. The lowest BCUT2D eigenvalue weighted by Crippen LogP contribution is -2.37. The molecule has 1 aliphatic rings. The fourth-order valence-corrected chi connectivity index (χ4v) is 4.31. The van der Waals surface area contributed by atoms with Crippen molar-refractivity contribution in [2.24, 2.45) is 5.14 Å². The number of sulfonamides is 1. The van der Waals surface area contributed by atoms with Gasteiger partial charge in [-0.05, 0) is 20.9 Å². The molecule has 72 valence electrons. The smallest absolute Gasteiger partial charge is 0.222 e. The second kappa shape index (κ2) is 3.17. The first-order chi connectivity index (χ1) is 5.34. The maximum atomic E-state index is 11.1. The van der Waals surface area contributed by atoms with Gasteiger partial charge in [0.05, 0.1) is 5.37 Å². The molecule has 0 bridgehead atoms. The van der Waals surface area contributed by atoms with Gasteiger partial charge in [0.15, 0.2) is 0 Å². The second-order valence-electron chi connectivity index (χ2n) is 3.10. The normalized spacial score (nSPS) is 38.8. The monoisotopic (exact) mass is 210 g/mol. The van der Waals surface area contributed by atoms with Crippen molar-refractivity contribution in [2.75, 3.05) is 7.05 Å². The van der Waals surface area contributed by atoms with Gasteiger partial charge in [0.25, 0.3) is 0 Å². The van der Waals surface area contributed by atoms with E-state index in [0.717, 1.165) is 0 Å². The zero-order valence-electron chi connectivity index (χ0n) is 7.39. The van der Waals surface area contributed by atoms with Crippen molar-refractivity contribution >= 4 is 21.8 Å². The molecule has 12 heavy (non-hydrogen) atoms. The van der Waals surface area contributed by atoms with Crippen molar-refractivity contribution in [3.05, 3.63) is 0 Å². The summed E-state index contributed by atoms with van der Waals surface area (Å²) in [5.74, 6) is 0. The summed E-state index contributed by atoms with van der Waals surface area (Å²) in [7, 11) is -1.49. The third kappa shape index (κ3) is 1.76. The third-order valence-electron chi connectivity index (χ3n) is 2.26. The Hall–Kier alpha value is 0.220. The van der Waals surface area contributed by atoms with Gasteiger partial charge in [0, 0.05) is 6.04 Å². The van der Waals surface area contributed by atoms with Crippen LogP contribution in [0, 0.1) is 0 Å². The zero-order valence-corrected chi connectivity index (χ0v) is 9.02. The molecule has 0 aliphatic carbocycles. The van der Waals surface area contributed by atoms with E-state index in [1.54, 1.807) is 0 Å². The molecule has 4 nitrogen and oxygen atoms in total. The number of nitrogens with two attached hydrogens (primary N) is 1. The Bertz CT molecular complexity index is 265. The molecule has 1 aliphatic heterocycles. The minimum absolute atomic E-state index is 0.000000000000000444. The Morgan fingerprint density at radius 2 is 1.92 bits per heavy atom. The average molecular weight is 210 g/mol. The van der Waals surface area contributed by atoms with E-state index in [2.05, 4.69) is 0 Å². The van der Waals surface area contributed by atoms with Crippen LogP contribution in [0.15, 0.2) is 0 Å². The van der Waals surface area contributed by atoms with E-state index in [1.165, 1.54) is 11.8 Å². The number of primary sulfonamides is 1. The summed E-state index contributed by atoms with van der Waals surface area (Å²) in [5.41, 5.74) is 0. The molecule has 0 aromatic carbocycles. The number of hydrogen-bond acceptors (Lipinski definition) is 4. The van der Waals surface area contributed by atoms with Gasteiger partial charge >= 0.3 is 0 Å². The Balaban J connectivity index is 2.86. The van der Waals surface area contributed by atoms with Crippen LogP contribution < -0.4 is 5.14 Å². The van der Waals surface area contributed by atoms with Crippen molar-refractivity contribution in [1.82, 2.24) is 4.90 Å². The first-order valence-corrected chi connectivity index (χ1v) is 6.28. The average Bonchev–Trinajstić information content (AvgIpc) is 2.15. The molecule has 3 atom stereocenters. The van der Waals surface area contributed by atoms with E-state index in [0.29, 0.717) is 0 Å². The summed E-state index contributed by atoms with van der Waals surface area (Å²) in [4.78, 5) is 2.01. The van der Waals surface area contributed by atoms with Crippen molar-refractivity contribution in [3.63, 3.8) is 0 Å². The summed E-state index contributed by atoms with van der Waals surface area (Å²) in [6, 6.07) is -0.000000000000000444. The SMILES string of the molecule is CC1SC(S(N)(=O)=O)C(C)N1C. The van der Waals surface area contributed by atoms with Crippen LogP contribution in [-0.2, 0) is 10.0 Å². The second-order valence-corrected chi connectivity index (χ2v) is 6.55. The van der Waals surface area contributed by atoms with Crippen LogP contribution in [0.4, 0.5) is 0 Å². The Morgan fingerprint density at radius 1 is 1.42 bits per heavy atom. The summed E-state index contributed by atoms with van der Waals surface area (Å²) >= 11 is 1.40. The molecular formula is C6H14N2O2S2. The van der Waals surface area contributed by atoms with Gasteiger partial charge in [-0.1, -0.05) is 0 Å². The van der Waals surface area contributed by atoms with Crippen LogP contribution >= 0.6 is 11.8 Å². The number of rotatable bonds is 1. The van der Waals surface area contributed by atoms with Crippen LogP contribution in [0.25, 0.3) is 0 Å². The highest BCUT2D eigenvalue weighted by Gasteiger charge is 2.40. The molecule has 1 fully saturated rings. The highest BCUT2D eigenvalue weighted by molar-refractivity contribution is 8.13. The minimum Gasteiger partial charge on any atom is -0.290 e. The van der Waals surface area contributed by atoms with Crippen LogP contribution in [0.5, 0.6) is 0 Å². The van der Waals surface area contributed by atoms with E-state index in [4.69, 9.17) is 5.14 Å². The Labute approximate surface area is 77.5 Å². The highest BCUT2D eigenvalue weighted by atomic mass is 32.3. The number of thioether (sulfide) groups is 1. The molecule has 2 N–H and O–H groups in total.